The summed E-state index contributed by atoms with van der Waals surface area (Å²) in [6.45, 7) is 8.77. The van der Waals surface area contributed by atoms with Gasteiger partial charge in [0.2, 0.25) is 0 Å². The molecule has 72 valence electrons. The van der Waals surface area contributed by atoms with Gasteiger partial charge in [-0.25, -0.2) is 4.79 Å². The molecule has 0 aliphatic carbocycles. The number of amides is 1. The summed E-state index contributed by atoms with van der Waals surface area (Å²) in [6.07, 6.45) is 0.681. The Morgan fingerprint density at radius 3 is 2.17 bits per heavy atom. The van der Waals surface area contributed by atoms with Gasteiger partial charge in [-0.3, -0.25) is 0 Å². The van der Waals surface area contributed by atoms with E-state index in [-0.39, 0.29) is 11.6 Å². The fourth-order valence-electron chi connectivity index (χ4n) is 1.11. The molecule has 0 aromatic rings. The van der Waals surface area contributed by atoms with Crippen LogP contribution in [-0.4, -0.2) is 30.2 Å². The summed E-state index contributed by atoms with van der Waals surface area (Å²) >= 11 is 0. The highest BCUT2D eigenvalue weighted by atomic mass is 16.5. The lowest BCUT2D eigenvalue weighted by molar-refractivity contribution is 0.0783. The number of carbonyl (C=O) groups excluding carboxylic acids is 1. The van der Waals surface area contributed by atoms with Gasteiger partial charge < -0.3 is 9.64 Å². The number of nitrogens with zero attached hydrogens (tertiary/aromatic N) is 1. The second-order valence-electron chi connectivity index (χ2n) is 3.38. The number of rotatable bonds is 3. The zero-order valence-corrected chi connectivity index (χ0v) is 8.68. The molecule has 0 unspecified atom stereocenters. The maximum absolute atomic E-state index is 11.3. The SMILES string of the molecule is CCN(C(=O)OC)C(C)(C)CC. The summed E-state index contributed by atoms with van der Waals surface area (Å²) in [4.78, 5) is 13.0. The van der Waals surface area contributed by atoms with Gasteiger partial charge in [-0.1, -0.05) is 6.92 Å². The van der Waals surface area contributed by atoms with E-state index in [9.17, 15) is 4.79 Å². The molecule has 0 heterocycles. The third kappa shape index (κ3) is 2.40. The summed E-state index contributed by atoms with van der Waals surface area (Å²) < 4.78 is 4.68. The highest BCUT2D eigenvalue weighted by Gasteiger charge is 2.28. The molecule has 0 aromatic heterocycles. The van der Waals surface area contributed by atoms with Crippen molar-refractivity contribution in [2.24, 2.45) is 0 Å². The van der Waals surface area contributed by atoms with E-state index >= 15 is 0 Å². The lowest BCUT2D eigenvalue weighted by Gasteiger charge is -2.35. The number of methoxy groups -OCH3 is 1. The summed E-state index contributed by atoms with van der Waals surface area (Å²) in [6, 6.07) is 0. The van der Waals surface area contributed by atoms with Crippen molar-refractivity contribution < 1.29 is 9.53 Å². The third-order valence-electron chi connectivity index (χ3n) is 2.31. The van der Waals surface area contributed by atoms with Crippen LogP contribution in [0.3, 0.4) is 0 Å². The summed E-state index contributed by atoms with van der Waals surface area (Å²) in [5.41, 5.74) is -0.109. The van der Waals surface area contributed by atoms with Crippen LogP contribution in [-0.2, 0) is 4.74 Å². The van der Waals surface area contributed by atoms with Crippen LogP contribution in [0.1, 0.15) is 34.1 Å². The van der Waals surface area contributed by atoms with E-state index in [0.717, 1.165) is 6.42 Å². The van der Waals surface area contributed by atoms with Crippen molar-refractivity contribution in [3.8, 4) is 0 Å². The molecule has 0 bridgehead atoms. The van der Waals surface area contributed by atoms with Gasteiger partial charge >= 0.3 is 6.09 Å². The van der Waals surface area contributed by atoms with Gasteiger partial charge in [0, 0.05) is 12.1 Å². The molecule has 12 heavy (non-hydrogen) atoms. The fourth-order valence-corrected chi connectivity index (χ4v) is 1.11. The second kappa shape index (κ2) is 4.33. The smallest absolute Gasteiger partial charge is 0.409 e. The van der Waals surface area contributed by atoms with Gasteiger partial charge in [-0.05, 0) is 27.2 Å². The van der Waals surface area contributed by atoms with Crippen molar-refractivity contribution >= 4 is 6.09 Å². The second-order valence-corrected chi connectivity index (χ2v) is 3.38. The Morgan fingerprint density at radius 1 is 1.42 bits per heavy atom. The summed E-state index contributed by atoms with van der Waals surface area (Å²) in [7, 11) is 1.41. The zero-order valence-electron chi connectivity index (χ0n) is 8.68. The first-order chi connectivity index (χ1) is 5.49. The Morgan fingerprint density at radius 2 is 1.92 bits per heavy atom. The van der Waals surface area contributed by atoms with Gasteiger partial charge in [0.15, 0.2) is 0 Å². The van der Waals surface area contributed by atoms with Crippen molar-refractivity contribution in [3.05, 3.63) is 0 Å². The molecule has 0 saturated heterocycles. The quantitative estimate of drug-likeness (QED) is 0.655. The first-order valence-corrected chi connectivity index (χ1v) is 4.35. The van der Waals surface area contributed by atoms with E-state index < -0.39 is 0 Å². The molecule has 3 nitrogen and oxygen atoms in total. The van der Waals surface area contributed by atoms with Crippen molar-refractivity contribution in [2.75, 3.05) is 13.7 Å². The molecule has 0 N–H and O–H groups in total. The van der Waals surface area contributed by atoms with E-state index in [1.165, 1.54) is 7.11 Å². The van der Waals surface area contributed by atoms with Crippen LogP contribution in [0.25, 0.3) is 0 Å². The molecule has 0 aromatic carbocycles. The van der Waals surface area contributed by atoms with Crippen molar-refractivity contribution in [1.82, 2.24) is 4.90 Å². The number of hydrogen-bond donors (Lipinski definition) is 0. The Labute approximate surface area is 74.7 Å². The number of carbonyl (C=O) groups is 1. The topological polar surface area (TPSA) is 29.5 Å². The number of ether oxygens (including phenoxy) is 1. The van der Waals surface area contributed by atoms with Crippen molar-refractivity contribution in [2.45, 2.75) is 39.7 Å². The fraction of sp³-hybridized carbons (Fsp3) is 0.889. The van der Waals surface area contributed by atoms with Crippen LogP contribution < -0.4 is 0 Å². The van der Waals surface area contributed by atoms with E-state index in [0.29, 0.717) is 6.54 Å². The molecule has 0 radical (unpaired) electrons. The summed E-state index contributed by atoms with van der Waals surface area (Å²) in [5, 5.41) is 0. The zero-order chi connectivity index (χ0) is 9.78. The minimum absolute atomic E-state index is 0.109. The molecule has 1 amide bonds. The predicted octanol–water partition coefficient (Wildman–Crippen LogP) is 2.26. The van der Waals surface area contributed by atoms with E-state index in [4.69, 9.17) is 0 Å². The van der Waals surface area contributed by atoms with Crippen LogP contribution in [0.2, 0.25) is 0 Å². The molecule has 0 fully saturated rings. The van der Waals surface area contributed by atoms with Gasteiger partial charge in [0.25, 0.3) is 0 Å². The minimum Gasteiger partial charge on any atom is -0.453 e. The average Bonchev–Trinajstić information content (AvgIpc) is 2.05. The largest absolute Gasteiger partial charge is 0.453 e. The molecular weight excluding hydrogens is 154 g/mol. The lowest BCUT2D eigenvalue weighted by atomic mass is 10.00. The van der Waals surface area contributed by atoms with Crippen LogP contribution in [0.5, 0.6) is 0 Å². The van der Waals surface area contributed by atoms with Crippen LogP contribution >= 0.6 is 0 Å². The molecule has 0 aliphatic rings. The van der Waals surface area contributed by atoms with Gasteiger partial charge in [0.1, 0.15) is 0 Å². The van der Waals surface area contributed by atoms with Gasteiger partial charge in [0.05, 0.1) is 7.11 Å². The maximum atomic E-state index is 11.3. The monoisotopic (exact) mass is 173 g/mol. The normalized spacial score (nSPS) is 11.1. The van der Waals surface area contributed by atoms with E-state index in [1.807, 2.05) is 20.8 Å². The predicted molar refractivity (Wildman–Crippen MR) is 49.2 cm³/mol. The third-order valence-corrected chi connectivity index (χ3v) is 2.31. The first kappa shape index (κ1) is 11.3. The molecule has 0 spiro atoms. The van der Waals surface area contributed by atoms with E-state index in [2.05, 4.69) is 11.7 Å². The lowest BCUT2D eigenvalue weighted by Crippen LogP contribution is -2.47. The Balaban J connectivity index is 4.43. The molecular formula is C9H19NO2. The highest BCUT2D eigenvalue weighted by molar-refractivity contribution is 5.68. The molecule has 0 saturated carbocycles. The Bertz CT molecular complexity index is 155. The van der Waals surface area contributed by atoms with Crippen molar-refractivity contribution in [3.63, 3.8) is 0 Å². The number of hydrogen-bond acceptors (Lipinski definition) is 2. The molecule has 0 rings (SSSR count). The van der Waals surface area contributed by atoms with Crippen LogP contribution in [0.15, 0.2) is 0 Å². The van der Waals surface area contributed by atoms with Gasteiger partial charge in [-0.15, -0.1) is 0 Å². The summed E-state index contributed by atoms with van der Waals surface area (Å²) in [5.74, 6) is 0. The Kier molecular flexibility index (Phi) is 4.07. The maximum Gasteiger partial charge on any atom is 0.409 e. The molecule has 0 aliphatic heterocycles. The highest BCUT2D eigenvalue weighted by Crippen LogP contribution is 2.18. The average molecular weight is 173 g/mol. The first-order valence-electron chi connectivity index (χ1n) is 4.35. The van der Waals surface area contributed by atoms with Gasteiger partial charge in [-0.2, -0.15) is 0 Å². The van der Waals surface area contributed by atoms with E-state index in [1.54, 1.807) is 4.90 Å². The standard InChI is InChI=1S/C9H19NO2/c1-6-9(3,4)10(7-2)8(11)12-5/h6-7H2,1-5H3. The molecule has 0 atom stereocenters. The van der Waals surface area contributed by atoms with Crippen LogP contribution in [0.4, 0.5) is 4.79 Å². The molecule has 3 heteroatoms. The van der Waals surface area contributed by atoms with Crippen LogP contribution in [0, 0.1) is 0 Å². The Hall–Kier alpha value is -0.730. The van der Waals surface area contributed by atoms with Crippen molar-refractivity contribution in [1.29, 1.82) is 0 Å². The minimum atomic E-state index is -0.246.